The molecule has 0 amide bonds. The molecule has 0 aromatic heterocycles. The van der Waals surface area contributed by atoms with Crippen molar-refractivity contribution in [2.24, 2.45) is 0 Å². The van der Waals surface area contributed by atoms with Crippen molar-refractivity contribution < 1.29 is 18.1 Å². The minimum atomic E-state index is -4.27. The first-order valence-electron chi connectivity index (χ1n) is 9.62. The molecule has 144 valence electrons. The fourth-order valence-corrected chi connectivity index (χ4v) is 4.12. The summed E-state index contributed by atoms with van der Waals surface area (Å²) in [5.41, 5.74) is 0.513. The predicted molar refractivity (Wildman–Crippen MR) is 103 cm³/mol. The number of hydrogen-bond acceptors (Lipinski definition) is 3. The summed E-state index contributed by atoms with van der Waals surface area (Å²) in [4.78, 5) is -0.0863. The third kappa shape index (κ3) is 8.34. The first-order chi connectivity index (χ1) is 11.9. The Morgan fingerprint density at radius 3 is 1.96 bits per heavy atom. The number of aliphatic hydroxyl groups is 1. The van der Waals surface area contributed by atoms with Gasteiger partial charge in [0.2, 0.25) is 0 Å². The van der Waals surface area contributed by atoms with Gasteiger partial charge >= 0.3 is 0 Å². The summed E-state index contributed by atoms with van der Waals surface area (Å²) in [5.74, 6) is -0.275. The molecular weight excluding hydrogens is 336 g/mol. The van der Waals surface area contributed by atoms with E-state index in [1.165, 1.54) is 51.0 Å². The fraction of sp³-hybridized carbons (Fsp3) is 0.700. The minimum Gasteiger partial charge on any atom is -0.393 e. The summed E-state index contributed by atoms with van der Waals surface area (Å²) in [6, 6.07) is 6.42. The molecule has 1 rings (SSSR count). The van der Waals surface area contributed by atoms with Crippen LogP contribution in [-0.4, -0.2) is 24.2 Å². The molecule has 0 spiro atoms. The second-order valence-corrected chi connectivity index (χ2v) is 8.37. The Labute approximate surface area is 153 Å². The minimum absolute atomic E-state index is 0.0863. The van der Waals surface area contributed by atoms with Crippen LogP contribution in [-0.2, 0) is 10.1 Å². The van der Waals surface area contributed by atoms with Crippen molar-refractivity contribution in [3.05, 3.63) is 29.8 Å². The second kappa shape index (κ2) is 11.7. The molecular formula is C20H34O4S. The van der Waals surface area contributed by atoms with E-state index in [0.717, 1.165) is 19.3 Å². The zero-order valence-electron chi connectivity index (χ0n) is 15.7. The quantitative estimate of drug-likeness (QED) is 0.364. The molecule has 0 aliphatic rings. The van der Waals surface area contributed by atoms with Crippen LogP contribution < -0.4 is 0 Å². The molecule has 2 N–H and O–H groups in total. The Morgan fingerprint density at radius 2 is 1.44 bits per heavy atom. The van der Waals surface area contributed by atoms with Crippen LogP contribution in [0.25, 0.3) is 0 Å². The van der Waals surface area contributed by atoms with Crippen molar-refractivity contribution in [1.82, 2.24) is 0 Å². The van der Waals surface area contributed by atoms with E-state index in [-0.39, 0.29) is 10.8 Å². The van der Waals surface area contributed by atoms with Crippen molar-refractivity contribution >= 4 is 10.1 Å². The Kier molecular flexibility index (Phi) is 10.3. The molecule has 0 saturated heterocycles. The smallest absolute Gasteiger partial charge is 0.294 e. The SMILES string of the molecule is CCCCCCCCCCCC(c1ccccc1S(=O)(=O)O)C(C)O. The average molecular weight is 371 g/mol. The third-order valence-corrected chi connectivity index (χ3v) is 5.72. The first kappa shape index (κ1) is 22.1. The molecule has 0 radical (unpaired) electrons. The summed E-state index contributed by atoms with van der Waals surface area (Å²) in [5, 5.41) is 10.1. The summed E-state index contributed by atoms with van der Waals surface area (Å²) in [6.45, 7) is 3.90. The van der Waals surface area contributed by atoms with Crippen molar-refractivity contribution in [3.63, 3.8) is 0 Å². The summed E-state index contributed by atoms with van der Waals surface area (Å²) in [6.07, 6.45) is 11.0. The monoisotopic (exact) mass is 370 g/mol. The summed E-state index contributed by atoms with van der Waals surface area (Å²) < 4.78 is 32.6. The Bertz CT molecular complexity index is 581. The molecule has 0 saturated carbocycles. The van der Waals surface area contributed by atoms with E-state index < -0.39 is 16.2 Å². The lowest BCUT2D eigenvalue weighted by Gasteiger charge is -2.22. The number of aliphatic hydroxyl groups excluding tert-OH is 1. The van der Waals surface area contributed by atoms with Gasteiger partial charge in [0.05, 0.1) is 11.0 Å². The Balaban J connectivity index is 2.49. The van der Waals surface area contributed by atoms with Crippen LogP contribution in [0.2, 0.25) is 0 Å². The Morgan fingerprint density at radius 1 is 0.920 bits per heavy atom. The van der Waals surface area contributed by atoms with Crippen LogP contribution >= 0.6 is 0 Å². The molecule has 0 aliphatic heterocycles. The van der Waals surface area contributed by atoms with Crippen LogP contribution in [0.1, 0.15) is 89.5 Å². The highest BCUT2D eigenvalue weighted by Gasteiger charge is 2.24. The van der Waals surface area contributed by atoms with E-state index in [0.29, 0.717) is 5.56 Å². The van der Waals surface area contributed by atoms with E-state index in [2.05, 4.69) is 6.92 Å². The van der Waals surface area contributed by atoms with Crippen molar-refractivity contribution in [2.45, 2.75) is 95.0 Å². The van der Waals surface area contributed by atoms with Gasteiger partial charge in [-0.3, -0.25) is 4.55 Å². The van der Waals surface area contributed by atoms with Gasteiger partial charge in [-0.1, -0.05) is 82.9 Å². The summed E-state index contributed by atoms with van der Waals surface area (Å²) >= 11 is 0. The maximum Gasteiger partial charge on any atom is 0.294 e. The lowest BCUT2D eigenvalue weighted by atomic mass is 9.89. The maximum atomic E-state index is 11.6. The Hall–Kier alpha value is -0.910. The molecule has 2 atom stereocenters. The van der Waals surface area contributed by atoms with Gasteiger partial charge in [0, 0.05) is 5.92 Å². The van der Waals surface area contributed by atoms with Gasteiger partial charge in [-0.25, -0.2) is 0 Å². The molecule has 25 heavy (non-hydrogen) atoms. The largest absolute Gasteiger partial charge is 0.393 e. The molecule has 1 aromatic carbocycles. The van der Waals surface area contributed by atoms with Crippen molar-refractivity contribution in [3.8, 4) is 0 Å². The molecule has 5 heteroatoms. The lowest BCUT2D eigenvalue weighted by molar-refractivity contribution is 0.154. The fourth-order valence-electron chi connectivity index (χ4n) is 3.35. The van der Waals surface area contributed by atoms with E-state index in [4.69, 9.17) is 0 Å². The summed E-state index contributed by atoms with van der Waals surface area (Å²) in [7, 11) is -4.27. The highest BCUT2D eigenvalue weighted by Crippen LogP contribution is 2.31. The van der Waals surface area contributed by atoms with E-state index in [1.807, 2.05) is 0 Å². The van der Waals surface area contributed by atoms with Crippen molar-refractivity contribution in [1.29, 1.82) is 0 Å². The van der Waals surface area contributed by atoms with Crippen LogP contribution in [0, 0.1) is 0 Å². The first-order valence-corrected chi connectivity index (χ1v) is 11.1. The molecule has 0 bridgehead atoms. The number of hydrogen-bond donors (Lipinski definition) is 2. The van der Waals surface area contributed by atoms with Gasteiger partial charge < -0.3 is 5.11 Å². The van der Waals surface area contributed by atoms with Gasteiger partial charge in [0.15, 0.2) is 0 Å². The van der Waals surface area contributed by atoms with Crippen molar-refractivity contribution in [2.75, 3.05) is 0 Å². The maximum absolute atomic E-state index is 11.6. The topological polar surface area (TPSA) is 74.6 Å². The van der Waals surface area contributed by atoms with E-state index in [1.54, 1.807) is 25.1 Å². The molecule has 0 fully saturated rings. The second-order valence-electron chi connectivity index (χ2n) is 6.98. The number of unbranched alkanes of at least 4 members (excludes halogenated alkanes) is 8. The van der Waals surface area contributed by atoms with Crippen LogP contribution in [0.15, 0.2) is 29.2 Å². The zero-order valence-corrected chi connectivity index (χ0v) is 16.5. The molecule has 0 heterocycles. The molecule has 2 unspecified atom stereocenters. The lowest BCUT2D eigenvalue weighted by Crippen LogP contribution is -2.18. The highest BCUT2D eigenvalue weighted by atomic mass is 32.2. The number of benzene rings is 1. The number of rotatable bonds is 13. The van der Waals surface area contributed by atoms with Crippen LogP contribution in [0.5, 0.6) is 0 Å². The predicted octanol–water partition coefficient (Wildman–Crippen LogP) is 5.32. The molecule has 0 aliphatic carbocycles. The third-order valence-electron chi connectivity index (χ3n) is 4.80. The van der Waals surface area contributed by atoms with Gasteiger partial charge in [0.25, 0.3) is 10.1 Å². The molecule has 1 aromatic rings. The standard InChI is InChI=1S/C20H34O4S/c1-3-4-5-6-7-8-9-10-11-14-18(17(2)21)19-15-12-13-16-20(19)25(22,23)24/h12-13,15-18,21H,3-11,14H2,1-2H3,(H,22,23,24). The van der Waals surface area contributed by atoms with E-state index >= 15 is 0 Å². The average Bonchev–Trinajstić information content (AvgIpc) is 2.55. The van der Waals surface area contributed by atoms with Gasteiger partial charge in [-0.05, 0) is 25.0 Å². The van der Waals surface area contributed by atoms with Gasteiger partial charge in [0.1, 0.15) is 0 Å². The van der Waals surface area contributed by atoms with Crippen LogP contribution in [0.4, 0.5) is 0 Å². The van der Waals surface area contributed by atoms with Crippen LogP contribution in [0.3, 0.4) is 0 Å². The highest BCUT2D eigenvalue weighted by molar-refractivity contribution is 7.85. The molecule has 4 nitrogen and oxygen atoms in total. The van der Waals surface area contributed by atoms with Gasteiger partial charge in [-0.2, -0.15) is 8.42 Å². The van der Waals surface area contributed by atoms with Gasteiger partial charge in [-0.15, -0.1) is 0 Å². The zero-order chi connectivity index (χ0) is 18.7. The van der Waals surface area contributed by atoms with E-state index in [9.17, 15) is 18.1 Å². The normalized spacial score (nSPS) is 14.4.